The first-order valence-corrected chi connectivity index (χ1v) is 8.84. The summed E-state index contributed by atoms with van der Waals surface area (Å²) >= 11 is 0. The van der Waals surface area contributed by atoms with Gasteiger partial charge in [0, 0.05) is 36.3 Å². The van der Waals surface area contributed by atoms with Crippen LogP contribution < -0.4 is 4.90 Å². The van der Waals surface area contributed by atoms with Crippen LogP contribution in [-0.4, -0.2) is 52.9 Å². The van der Waals surface area contributed by atoms with E-state index in [1.165, 1.54) is 18.9 Å². The number of nitrogens with zero attached hydrogens (tertiary/aromatic N) is 4. The Morgan fingerprint density at radius 1 is 1.20 bits per heavy atom. The van der Waals surface area contributed by atoms with Crippen LogP contribution in [0.4, 0.5) is 10.2 Å². The summed E-state index contributed by atoms with van der Waals surface area (Å²) in [5, 5.41) is 19.0. The fourth-order valence-electron chi connectivity index (χ4n) is 4.13. The largest absolute Gasteiger partial charge is 0.507 e. The number of hydrogen-bond donors (Lipinski definition) is 1. The number of halogens is 1. The summed E-state index contributed by atoms with van der Waals surface area (Å²) in [5.74, 6) is 0.430. The van der Waals surface area contributed by atoms with E-state index in [1.54, 1.807) is 6.92 Å². The van der Waals surface area contributed by atoms with Gasteiger partial charge in [0.25, 0.3) is 0 Å². The number of phenolic OH excluding ortho intramolecular Hbond substituents is 1. The van der Waals surface area contributed by atoms with Crippen LogP contribution in [0.3, 0.4) is 0 Å². The van der Waals surface area contributed by atoms with Crippen molar-refractivity contribution in [1.82, 2.24) is 15.1 Å². The Morgan fingerprint density at radius 3 is 2.80 bits per heavy atom. The predicted octanol–water partition coefficient (Wildman–Crippen LogP) is 2.75. The van der Waals surface area contributed by atoms with Crippen LogP contribution in [-0.2, 0) is 6.42 Å². The summed E-state index contributed by atoms with van der Waals surface area (Å²) < 4.78 is 13.4. The lowest BCUT2D eigenvalue weighted by atomic mass is 10.0. The van der Waals surface area contributed by atoms with E-state index in [9.17, 15) is 9.50 Å². The molecule has 0 unspecified atom stereocenters. The molecule has 2 aliphatic heterocycles. The molecule has 0 amide bonds. The summed E-state index contributed by atoms with van der Waals surface area (Å²) in [6.07, 6.45) is 3.32. The first kappa shape index (κ1) is 16.3. The number of likely N-dealkylation sites (N-methyl/N-ethyl adjacent to an activating group) is 1. The summed E-state index contributed by atoms with van der Waals surface area (Å²) in [5.41, 5.74) is 2.99. The van der Waals surface area contributed by atoms with Gasteiger partial charge in [0.1, 0.15) is 11.6 Å². The Balaban J connectivity index is 1.66. The Hall–Kier alpha value is -2.21. The normalized spacial score (nSPS) is 20.8. The first-order valence-electron chi connectivity index (χ1n) is 8.84. The number of benzene rings is 1. The third kappa shape index (κ3) is 2.95. The minimum absolute atomic E-state index is 0.0875. The standard InChI is InChI=1S/C19H23FN4O/c1-12-8-14(20)10-17(25)18(12)16-9-13-5-7-24(19(13)22-21-16)15-4-3-6-23(2)11-15/h8-10,15,25H,3-7,11H2,1-2H3/t15-/m0/s1. The SMILES string of the molecule is Cc1cc(F)cc(O)c1-c1cc2c(nn1)N([C@H]1CCCN(C)C1)CC2. The predicted molar refractivity (Wildman–Crippen MR) is 95.4 cm³/mol. The van der Waals surface area contributed by atoms with Gasteiger partial charge in [0.05, 0.1) is 5.69 Å². The van der Waals surface area contributed by atoms with Gasteiger partial charge >= 0.3 is 0 Å². The highest BCUT2D eigenvalue weighted by atomic mass is 19.1. The molecule has 4 rings (SSSR count). The molecule has 6 heteroatoms. The highest BCUT2D eigenvalue weighted by Crippen LogP contribution is 2.36. The van der Waals surface area contributed by atoms with Crippen molar-refractivity contribution in [3.8, 4) is 17.0 Å². The van der Waals surface area contributed by atoms with E-state index in [4.69, 9.17) is 0 Å². The number of rotatable bonds is 2. The number of aryl methyl sites for hydroxylation is 1. The first-order chi connectivity index (χ1) is 12.0. The van der Waals surface area contributed by atoms with Gasteiger partial charge in [-0.25, -0.2) is 4.39 Å². The maximum Gasteiger partial charge on any atom is 0.154 e. The van der Waals surface area contributed by atoms with E-state index < -0.39 is 5.82 Å². The molecule has 132 valence electrons. The zero-order valence-electron chi connectivity index (χ0n) is 14.7. The molecule has 0 aliphatic carbocycles. The fraction of sp³-hybridized carbons (Fsp3) is 0.474. The van der Waals surface area contributed by atoms with Gasteiger partial charge in [-0.15, -0.1) is 10.2 Å². The van der Waals surface area contributed by atoms with Crippen molar-refractivity contribution in [2.75, 3.05) is 31.6 Å². The second-order valence-electron chi connectivity index (χ2n) is 7.20. The van der Waals surface area contributed by atoms with Gasteiger partial charge in [0.15, 0.2) is 5.82 Å². The Labute approximate surface area is 147 Å². The molecule has 1 aromatic carbocycles. The summed E-state index contributed by atoms with van der Waals surface area (Å²) in [6.45, 7) is 4.95. The van der Waals surface area contributed by atoms with Crippen LogP contribution in [0.5, 0.6) is 5.75 Å². The molecule has 1 N–H and O–H groups in total. The second-order valence-corrected chi connectivity index (χ2v) is 7.20. The molecule has 1 atom stereocenters. The molecule has 25 heavy (non-hydrogen) atoms. The number of fused-ring (bicyclic) bond motifs is 1. The van der Waals surface area contributed by atoms with Gasteiger partial charge in [0.2, 0.25) is 0 Å². The van der Waals surface area contributed by atoms with Crippen molar-refractivity contribution in [3.63, 3.8) is 0 Å². The van der Waals surface area contributed by atoms with E-state index in [-0.39, 0.29) is 5.75 Å². The maximum absolute atomic E-state index is 13.4. The number of anilines is 1. The van der Waals surface area contributed by atoms with Crippen molar-refractivity contribution in [2.45, 2.75) is 32.2 Å². The average molecular weight is 342 g/mol. The molecule has 3 heterocycles. The lowest BCUT2D eigenvalue weighted by Gasteiger charge is -2.36. The third-order valence-electron chi connectivity index (χ3n) is 5.32. The summed E-state index contributed by atoms with van der Waals surface area (Å²) in [4.78, 5) is 4.74. The molecule has 0 saturated carbocycles. The molecular formula is C19H23FN4O. The number of aromatic nitrogens is 2. The van der Waals surface area contributed by atoms with Crippen LogP contribution in [0, 0.1) is 12.7 Å². The van der Waals surface area contributed by atoms with Crippen molar-refractivity contribution in [2.24, 2.45) is 0 Å². The fourth-order valence-corrected chi connectivity index (χ4v) is 4.13. The molecule has 5 nitrogen and oxygen atoms in total. The minimum atomic E-state index is -0.444. The number of aromatic hydroxyl groups is 1. The van der Waals surface area contributed by atoms with Crippen molar-refractivity contribution in [1.29, 1.82) is 0 Å². The lowest BCUT2D eigenvalue weighted by molar-refractivity contribution is 0.245. The smallest absolute Gasteiger partial charge is 0.154 e. The highest BCUT2D eigenvalue weighted by Gasteiger charge is 2.31. The zero-order valence-corrected chi connectivity index (χ0v) is 14.7. The number of hydrogen-bond acceptors (Lipinski definition) is 5. The lowest BCUT2D eigenvalue weighted by Crippen LogP contribution is -2.46. The van der Waals surface area contributed by atoms with Gasteiger partial charge in [-0.3, -0.25) is 0 Å². The molecular weight excluding hydrogens is 319 g/mol. The van der Waals surface area contributed by atoms with Gasteiger partial charge in [-0.05, 0) is 57.5 Å². The monoisotopic (exact) mass is 342 g/mol. The molecule has 0 radical (unpaired) electrons. The molecule has 2 aliphatic rings. The third-order valence-corrected chi connectivity index (χ3v) is 5.32. The van der Waals surface area contributed by atoms with E-state index >= 15 is 0 Å². The Kier molecular flexibility index (Phi) is 4.07. The van der Waals surface area contributed by atoms with Gasteiger partial charge in [-0.1, -0.05) is 0 Å². The van der Waals surface area contributed by atoms with Crippen LogP contribution in [0.25, 0.3) is 11.3 Å². The highest BCUT2D eigenvalue weighted by molar-refractivity contribution is 5.72. The Morgan fingerprint density at radius 2 is 2.04 bits per heavy atom. The van der Waals surface area contributed by atoms with Crippen LogP contribution in [0.2, 0.25) is 0 Å². The van der Waals surface area contributed by atoms with Gasteiger partial charge in [-0.2, -0.15) is 0 Å². The average Bonchev–Trinajstić information content (AvgIpc) is 2.97. The summed E-state index contributed by atoms with van der Waals surface area (Å²) in [6, 6.07) is 5.02. The zero-order chi connectivity index (χ0) is 17.6. The van der Waals surface area contributed by atoms with Crippen LogP contribution in [0.1, 0.15) is 24.0 Å². The van der Waals surface area contributed by atoms with Crippen molar-refractivity contribution in [3.05, 3.63) is 35.1 Å². The topological polar surface area (TPSA) is 52.5 Å². The number of likely N-dealkylation sites (tertiary alicyclic amines) is 1. The Bertz CT molecular complexity index is 787. The molecule has 0 spiro atoms. The minimum Gasteiger partial charge on any atom is -0.507 e. The molecule has 1 fully saturated rings. The number of phenols is 1. The molecule has 2 aromatic rings. The van der Waals surface area contributed by atoms with Gasteiger partial charge < -0.3 is 14.9 Å². The second kappa shape index (κ2) is 6.26. The van der Waals surface area contributed by atoms with E-state index in [0.717, 1.165) is 43.5 Å². The van der Waals surface area contributed by atoms with E-state index in [1.807, 2.05) is 6.07 Å². The van der Waals surface area contributed by atoms with Crippen molar-refractivity contribution < 1.29 is 9.50 Å². The molecule has 1 saturated heterocycles. The number of piperidine rings is 1. The van der Waals surface area contributed by atoms with E-state index in [0.29, 0.717) is 22.9 Å². The molecule has 0 bridgehead atoms. The molecule has 1 aromatic heterocycles. The van der Waals surface area contributed by atoms with Crippen LogP contribution >= 0.6 is 0 Å². The quantitative estimate of drug-likeness (QED) is 0.909. The van der Waals surface area contributed by atoms with E-state index in [2.05, 4.69) is 27.0 Å². The van der Waals surface area contributed by atoms with Crippen molar-refractivity contribution >= 4 is 5.82 Å². The maximum atomic E-state index is 13.4. The van der Waals surface area contributed by atoms with Crippen LogP contribution in [0.15, 0.2) is 18.2 Å². The summed E-state index contributed by atoms with van der Waals surface area (Å²) in [7, 11) is 2.16.